The number of anilines is 1. The van der Waals surface area contributed by atoms with Gasteiger partial charge in [-0.25, -0.2) is 0 Å². The first-order valence-electron chi connectivity index (χ1n) is 7.12. The lowest BCUT2D eigenvalue weighted by Gasteiger charge is -2.22. The second-order valence-electron chi connectivity index (χ2n) is 4.92. The number of nitrogens with two attached hydrogens (primary N) is 1. The average Bonchev–Trinajstić information content (AvgIpc) is 2.45. The summed E-state index contributed by atoms with van der Waals surface area (Å²) in [4.78, 5) is 12.1. The van der Waals surface area contributed by atoms with E-state index in [1.807, 2.05) is 6.92 Å². The van der Waals surface area contributed by atoms with Gasteiger partial charge in [-0.15, -0.1) is 0 Å². The molecular weight excluding hydrogens is 256 g/mol. The Bertz CT molecular complexity index is 456. The van der Waals surface area contributed by atoms with Gasteiger partial charge in [0.05, 0.1) is 12.7 Å². The molecule has 1 fully saturated rings. The van der Waals surface area contributed by atoms with Crippen LogP contribution >= 0.6 is 0 Å². The number of carbonyl (C=O) groups is 1. The molecule has 0 aromatic heterocycles. The van der Waals surface area contributed by atoms with Gasteiger partial charge in [-0.3, -0.25) is 4.79 Å². The maximum absolute atomic E-state index is 12.1. The highest BCUT2D eigenvalue weighted by atomic mass is 16.5. The maximum atomic E-state index is 12.1. The van der Waals surface area contributed by atoms with E-state index in [1.54, 1.807) is 18.2 Å². The molecule has 20 heavy (non-hydrogen) atoms. The molecule has 1 aromatic carbocycles. The lowest BCUT2D eigenvalue weighted by atomic mass is 10.1. The molecule has 0 spiro atoms. The van der Waals surface area contributed by atoms with Crippen LogP contribution in [0.5, 0.6) is 5.75 Å². The minimum Gasteiger partial charge on any atom is -0.494 e. The smallest absolute Gasteiger partial charge is 0.251 e. The number of ether oxygens (including phenoxy) is 2. The van der Waals surface area contributed by atoms with E-state index in [4.69, 9.17) is 15.2 Å². The standard InChI is InChI=1S/C15H22N2O3/c1-2-19-14-8-11(7-12(16)9-14)15(18)17-10-13-5-3-4-6-20-13/h7-9,13H,2-6,10,16H2,1H3,(H,17,18). The van der Waals surface area contributed by atoms with E-state index in [-0.39, 0.29) is 12.0 Å². The largest absolute Gasteiger partial charge is 0.494 e. The van der Waals surface area contributed by atoms with Gasteiger partial charge < -0.3 is 20.5 Å². The molecule has 1 atom stereocenters. The quantitative estimate of drug-likeness (QED) is 0.808. The number of hydrogen-bond acceptors (Lipinski definition) is 4. The summed E-state index contributed by atoms with van der Waals surface area (Å²) in [7, 11) is 0. The minimum atomic E-state index is -0.146. The molecule has 1 saturated heterocycles. The molecule has 5 heteroatoms. The second-order valence-corrected chi connectivity index (χ2v) is 4.92. The monoisotopic (exact) mass is 278 g/mol. The number of hydrogen-bond donors (Lipinski definition) is 2. The van der Waals surface area contributed by atoms with Crippen molar-refractivity contribution >= 4 is 11.6 Å². The molecule has 1 unspecified atom stereocenters. The van der Waals surface area contributed by atoms with Crippen molar-refractivity contribution in [2.24, 2.45) is 0 Å². The summed E-state index contributed by atoms with van der Waals surface area (Å²) in [5.74, 6) is 0.471. The predicted molar refractivity (Wildman–Crippen MR) is 77.9 cm³/mol. The molecule has 3 N–H and O–H groups in total. The van der Waals surface area contributed by atoms with Crippen LogP contribution < -0.4 is 15.8 Å². The van der Waals surface area contributed by atoms with Crippen LogP contribution in [0.15, 0.2) is 18.2 Å². The van der Waals surface area contributed by atoms with Gasteiger partial charge >= 0.3 is 0 Å². The van der Waals surface area contributed by atoms with E-state index in [9.17, 15) is 4.79 Å². The van der Waals surface area contributed by atoms with Crippen molar-refractivity contribution in [3.63, 3.8) is 0 Å². The Balaban J connectivity index is 1.93. The van der Waals surface area contributed by atoms with Gasteiger partial charge in [-0.05, 0) is 38.3 Å². The third-order valence-electron chi connectivity index (χ3n) is 3.27. The molecule has 2 rings (SSSR count). The highest BCUT2D eigenvalue weighted by molar-refractivity contribution is 5.95. The van der Waals surface area contributed by atoms with Gasteiger partial charge in [0.2, 0.25) is 0 Å². The number of nitrogens with one attached hydrogen (secondary N) is 1. The number of rotatable bonds is 5. The molecule has 1 heterocycles. The predicted octanol–water partition coefficient (Wildman–Crippen LogP) is 1.97. The normalized spacial score (nSPS) is 18.6. The highest BCUT2D eigenvalue weighted by Crippen LogP contribution is 2.19. The van der Waals surface area contributed by atoms with Gasteiger partial charge in [0.1, 0.15) is 5.75 Å². The zero-order valence-corrected chi connectivity index (χ0v) is 11.9. The highest BCUT2D eigenvalue weighted by Gasteiger charge is 2.15. The molecule has 0 aliphatic carbocycles. The zero-order valence-electron chi connectivity index (χ0n) is 11.9. The molecule has 110 valence electrons. The number of benzene rings is 1. The molecule has 0 saturated carbocycles. The Morgan fingerprint density at radius 2 is 2.30 bits per heavy atom. The van der Waals surface area contributed by atoms with Crippen LogP contribution in [0.2, 0.25) is 0 Å². The van der Waals surface area contributed by atoms with Gasteiger partial charge in [-0.1, -0.05) is 0 Å². The van der Waals surface area contributed by atoms with Crippen LogP contribution in [-0.2, 0) is 4.74 Å². The summed E-state index contributed by atoms with van der Waals surface area (Å²) in [6.45, 7) is 3.76. The van der Waals surface area contributed by atoms with Crippen molar-refractivity contribution in [2.45, 2.75) is 32.3 Å². The van der Waals surface area contributed by atoms with Crippen LogP contribution in [0.1, 0.15) is 36.5 Å². The summed E-state index contributed by atoms with van der Waals surface area (Å²) in [5.41, 5.74) is 6.82. The van der Waals surface area contributed by atoms with Crippen LogP contribution in [-0.4, -0.2) is 31.8 Å². The van der Waals surface area contributed by atoms with Crippen molar-refractivity contribution in [3.05, 3.63) is 23.8 Å². The van der Waals surface area contributed by atoms with E-state index in [0.717, 1.165) is 25.9 Å². The lowest BCUT2D eigenvalue weighted by molar-refractivity contribution is 0.0169. The molecule has 0 bridgehead atoms. The Morgan fingerprint density at radius 3 is 3.00 bits per heavy atom. The van der Waals surface area contributed by atoms with Crippen molar-refractivity contribution in [1.82, 2.24) is 5.32 Å². The molecule has 1 aliphatic heterocycles. The van der Waals surface area contributed by atoms with Crippen LogP contribution in [0.4, 0.5) is 5.69 Å². The SMILES string of the molecule is CCOc1cc(N)cc(C(=O)NCC2CCCCO2)c1. The van der Waals surface area contributed by atoms with Crippen molar-refractivity contribution < 1.29 is 14.3 Å². The molecule has 0 radical (unpaired) electrons. The molecular formula is C15H22N2O3. The second kappa shape index (κ2) is 7.14. The topological polar surface area (TPSA) is 73.6 Å². The van der Waals surface area contributed by atoms with E-state index in [2.05, 4.69) is 5.32 Å². The van der Waals surface area contributed by atoms with Crippen molar-refractivity contribution in [3.8, 4) is 5.75 Å². The molecule has 1 amide bonds. The van der Waals surface area contributed by atoms with Crippen LogP contribution in [0, 0.1) is 0 Å². The first-order chi connectivity index (χ1) is 9.69. The fourth-order valence-corrected chi connectivity index (χ4v) is 2.28. The minimum absolute atomic E-state index is 0.125. The number of nitrogen functional groups attached to an aromatic ring is 1. The number of amides is 1. The van der Waals surface area contributed by atoms with Crippen molar-refractivity contribution in [1.29, 1.82) is 0 Å². The summed E-state index contributed by atoms with van der Waals surface area (Å²) in [6, 6.07) is 5.07. The van der Waals surface area contributed by atoms with E-state index in [1.165, 1.54) is 0 Å². The van der Waals surface area contributed by atoms with Crippen molar-refractivity contribution in [2.75, 3.05) is 25.5 Å². The Morgan fingerprint density at radius 1 is 1.45 bits per heavy atom. The molecule has 5 nitrogen and oxygen atoms in total. The Kier molecular flexibility index (Phi) is 5.24. The molecule has 1 aromatic rings. The van der Waals surface area contributed by atoms with Crippen LogP contribution in [0.3, 0.4) is 0 Å². The van der Waals surface area contributed by atoms with Gasteiger partial charge in [-0.2, -0.15) is 0 Å². The zero-order chi connectivity index (χ0) is 14.4. The van der Waals surface area contributed by atoms with Gasteiger partial charge in [0, 0.05) is 30.5 Å². The fourth-order valence-electron chi connectivity index (χ4n) is 2.28. The van der Waals surface area contributed by atoms with E-state index < -0.39 is 0 Å². The summed E-state index contributed by atoms with van der Waals surface area (Å²) < 4.78 is 11.0. The molecule has 1 aliphatic rings. The Hall–Kier alpha value is -1.75. The first kappa shape index (κ1) is 14.7. The van der Waals surface area contributed by atoms with Gasteiger partial charge in [0.25, 0.3) is 5.91 Å². The van der Waals surface area contributed by atoms with E-state index in [0.29, 0.717) is 30.2 Å². The summed E-state index contributed by atoms with van der Waals surface area (Å²) in [5, 5.41) is 2.89. The third kappa shape index (κ3) is 4.13. The average molecular weight is 278 g/mol. The Labute approximate surface area is 119 Å². The third-order valence-corrected chi connectivity index (χ3v) is 3.27. The number of carbonyl (C=O) groups excluding carboxylic acids is 1. The van der Waals surface area contributed by atoms with E-state index >= 15 is 0 Å². The maximum Gasteiger partial charge on any atom is 0.251 e. The first-order valence-corrected chi connectivity index (χ1v) is 7.12. The van der Waals surface area contributed by atoms with Crippen LogP contribution in [0.25, 0.3) is 0 Å². The lowest BCUT2D eigenvalue weighted by Crippen LogP contribution is -2.35. The van der Waals surface area contributed by atoms with Gasteiger partial charge in [0.15, 0.2) is 0 Å². The summed E-state index contributed by atoms with van der Waals surface area (Å²) in [6.07, 6.45) is 3.40. The summed E-state index contributed by atoms with van der Waals surface area (Å²) >= 11 is 0. The fraction of sp³-hybridized carbons (Fsp3) is 0.533.